The zero-order chi connectivity index (χ0) is 14.4. The Morgan fingerprint density at radius 3 is 2.47 bits per heavy atom. The molecule has 1 aromatic rings. The number of halogens is 2. The molecule has 102 valence electrons. The van der Waals surface area contributed by atoms with Gasteiger partial charge in [-0.15, -0.1) is 0 Å². The summed E-state index contributed by atoms with van der Waals surface area (Å²) in [5.41, 5.74) is -0.523. The molecule has 1 atom stereocenters. The predicted molar refractivity (Wildman–Crippen MR) is 65.6 cm³/mol. The van der Waals surface area contributed by atoms with Crippen LogP contribution in [0.25, 0.3) is 0 Å². The largest absolute Gasteiger partial charge is 0.481 e. The summed E-state index contributed by atoms with van der Waals surface area (Å²) in [5, 5.41) is 19.9. The predicted octanol–water partition coefficient (Wildman–Crippen LogP) is 2.75. The highest BCUT2D eigenvalue weighted by Crippen LogP contribution is 2.21. The Hall–Kier alpha value is -2.16. The van der Waals surface area contributed by atoms with E-state index in [9.17, 15) is 13.6 Å². The van der Waals surface area contributed by atoms with E-state index >= 15 is 0 Å². The minimum Gasteiger partial charge on any atom is -0.481 e. The lowest BCUT2D eigenvalue weighted by molar-refractivity contribution is -0.141. The molecule has 0 heterocycles. The van der Waals surface area contributed by atoms with Gasteiger partial charge in [0.15, 0.2) is 11.6 Å². The third kappa shape index (κ3) is 3.91. The van der Waals surface area contributed by atoms with Crippen molar-refractivity contribution in [2.45, 2.75) is 19.8 Å². The fourth-order valence-corrected chi connectivity index (χ4v) is 1.69. The number of hydrogen-bond donors (Lipinski definition) is 2. The summed E-state index contributed by atoms with van der Waals surface area (Å²) in [7, 11) is 0. The first-order valence-electron chi connectivity index (χ1n) is 5.85. The van der Waals surface area contributed by atoms with E-state index in [-0.39, 0.29) is 12.1 Å². The highest BCUT2D eigenvalue weighted by atomic mass is 19.1. The van der Waals surface area contributed by atoms with Gasteiger partial charge in [-0.25, -0.2) is 8.78 Å². The monoisotopic (exact) mass is 268 g/mol. The van der Waals surface area contributed by atoms with Gasteiger partial charge in [0.2, 0.25) is 0 Å². The summed E-state index contributed by atoms with van der Waals surface area (Å²) in [6, 6.07) is 3.44. The zero-order valence-corrected chi connectivity index (χ0v) is 10.4. The van der Waals surface area contributed by atoms with Gasteiger partial charge in [-0.1, -0.05) is 13.3 Å². The number of rotatable bonds is 6. The molecule has 2 N–H and O–H groups in total. The van der Waals surface area contributed by atoms with E-state index in [0.717, 1.165) is 12.1 Å². The Labute approximate surface area is 109 Å². The van der Waals surface area contributed by atoms with Crippen molar-refractivity contribution in [3.8, 4) is 6.07 Å². The summed E-state index contributed by atoms with van der Waals surface area (Å²) in [6.07, 6.45) is 1.08. The van der Waals surface area contributed by atoms with Crippen LogP contribution in [0.2, 0.25) is 0 Å². The number of carboxylic acid groups (broad SMARTS) is 1. The van der Waals surface area contributed by atoms with Crippen molar-refractivity contribution >= 4 is 11.7 Å². The number of carbonyl (C=O) groups is 1. The number of carboxylic acids is 1. The molecule has 4 nitrogen and oxygen atoms in total. The molecule has 0 radical (unpaired) electrons. The van der Waals surface area contributed by atoms with E-state index in [1.807, 2.05) is 6.92 Å². The van der Waals surface area contributed by atoms with Crippen molar-refractivity contribution in [1.29, 1.82) is 5.26 Å². The van der Waals surface area contributed by atoms with Crippen LogP contribution >= 0.6 is 0 Å². The SMILES string of the molecule is CCCC(CNc1c(F)cc(C#N)cc1F)C(=O)O. The second-order valence-electron chi connectivity index (χ2n) is 4.13. The quantitative estimate of drug-likeness (QED) is 0.832. The Bertz CT molecular complexity index is 489. The Morgan fingerprint density at radius 1 is 1.47 bits per heavy atom. The van der Waals surface area contributed by atoms with Crippen LogP contribution in [-0.2, 0) is 4.79 Å². The molecule has 0 aliphatic heterocycles. The molecule has 0 spiro atoms. The normalized spacial score (nSPS) is 11.7. The van der Waals surface area contributed by atoms with E-state index in [1.54, 1.807) is 6.07 Å². The lowest BCUT2D eigenvalue weighted by atomic mass is 10.0. The van der Waals surface area contributed by atoms with Crippen molar-refractivity contribution in [2.24, 2.45) is 5.92 Å². The molecule has 0 fully saturated rings. The molecule has 0 saturated carbocycles. The van der Waals surface area contributed by atoms with E-state index in [0.29, 0.717) is 12.8 Å². The minimum absolute atomic E-state index is 0.0666. The molecule has 0 aromatic heterocycles. The van der Waals surface area contributed by atoms with E-state index in [1.165, 1.54) is 0 Å². The maximum atomic E-state index is 13.5. The number of nitrogens with zero attached hydrogens (tertiary/aromatic N) is 1. The molecule has 1 aromatic carbocycles. The van der Waals surface area contributed by atoms with Crippen molar-refractivity contribution in [1.82, 2.24) is 0 Å². The average Bonchev–Trinajstić information content (AvgIpc) is 2.35. The van der Waals surface area contributed by atoms with Crippen LogP contribution in [0.5, 0.6) is 0 Å². The van der Waals surface area contributed by atoms with Crippen LogP contribution in [0.1, 0.15) is 25.3 Å². The topological polar surface area (TPSA) is 73.1 Å². The van der Waals surface area contributed by atoms with E-state index in [2.05, 4.69) is 5.32 Å². The van der Waals surface area contributed by atoms with Crippen molar-refractivity contribution in [3.05, 3.63) is 29.3 Å². The number of benzene rings is 1. The van der Waals surface area contributed by atoms with Gasteiger partial charge in [0.05, 0.1) is 17.6 Å². The molecule has 0 amide bonds. The number of nitriles is 1. The smallest absolute Gasteiger partial charge is 0.308 e. The lowest BCUT2D eigenvalue weighted by Crippen LogP contribution is -2.23. The maximum absolute atomic E-state index is 13.5. The van der Waals surface area contributed by atoms with Crippen molar-refractivity contribution < 1.29 is 18.7 Å². The third-order valence-electron chi connectivity index (χ3n) is 2.68. The summed E-state index contributed by atoms with van der Waals surface area (Å²) in [5.74, 6) is -3.53. The number of nitrogens with one attached hydrogen (secondary N) is 1. The molecule has 1 rings (SSSR count). The Morgan fingerprint density at radius 2 is 2.05 bits per heavy atom. The van der Waals surface area contributed by atoms with Crippen LogP contribution in [0.4, 0.5) is 14.5 Å². The second kappa shape index (κ2) is 6.69. The van der Waals surface area contributed by atoms with Gasteiger partial charge in [-0.05, 0) is 18.6 Å². The lowest BCUT2D eigenvalue weighted by Gasteiger charge is -2.14. The summed E-state index contributed by atoms with van der Waals surface area (Å²) < 4.78 is 27.1. The van der Waals surface area contributed by atoms with Crippen molar-refractivity contribution in [3.63, 3.8) is 0 Å². The van der Waals surface area contributed by atoms with Gasteiger partial charge in [0.1, 0.15) is 5.69 Å². The van der Waals surface area contributed by atoms with Crippen LogP contribution in [0.15, 0.2) is 12.1 Å². The molecule has 19 heavy (non-hydrogen) atoms. The van der Waals surface area contributed by atoms with Crippen LogP contribution in [0.3, 0.4) is 0 Å². The molecule has 0 aliphatic rings. The summed E-state index contributed by atoms with van der Waals surface area (Å²) in [6.45, 7) is 1.77. The average molecular weight is 268 g/mol. The first-order chi connectivity index (χ1) is 8.99. The first kappa shape index (κ1) is 14.9. The van der Waals surface area contributed by atoms with E-state index in [4.69, 9.17) is 10.4 Å². The van der Waals surface area contributed by atoms with Crippen LogP contribution in [0, 0.1) is 28.9 Å². The Balaban J connectivity index is 2.83. The molecule has 6 heteroatoms. The van der Waals surface area contributed by atoms with Gasteiger partial charge in [-0.2, -0.15) is 5.26 Å². The molecule has 0 aliphatic carbocycles. The van der Waals surface area contributed by atoms with Gasteiger partial charge >= 0.3 is 5.97 Å². The third-order valence-corrected chi connectivity index (χ3v) is 2.68. The zero-order valence-electron chi connectivity index (χ0n) is 10.4. The number of hydrogen-bond acceptors (Lipinski definition) is 3. The molecular formula is C13H14F2N2O2. The van der Waals surface area contributed by atoms with E-state index < -0.39 is 29.2 Å². The fourth-order valence-electron chi connectivity index (χ4n) is 1.69. The molecular weight excluding hydrogens is 254 g/mol. The second-order valence-corrected chi connectivity index (χ2v) is 4.13. The van der Waals surface area contributed by atoms with Gasteiger partial charge in [0, 0.05) is 6.54 Å². The van der Waals surface area contributed by atoms with Gasteiger partial charge < -0.3 is 10.4 Å². The molecule has 0 bridgehead atoms. The van der Waals surface area contributed by atoms with Crippen LogP contribution < -0.4 is 5.32 Å². The minimum atomic E-state index is -1.01. The number of aliphatic carboxylic acids is 1. The molecule has 1 unspecified atom stereocenters. The Kier molecular flexibility index (Phi) is 5.24. The highest BCUT2D eigenvalue weighted by Gasteiger charge is 2.18. The summed E-state index contributed by atoms with van der Waals surface area (Å²) >= 11 is 0. The molecule has 0 saturated heterocycles. The standard InChI is InChI=1S/C13H14F2N2O2/c1-2-3-9(13(18)19)7-17-12-10(14)4-8(6-16)5-11(12)15/h4-5,9,17H,2-3,7H2,1H3,(H,18,19). The summed E-state index contributed by atoms with van der Waals surface area (Å²) in [4.78, 5) is 10.9. The number of anilines is 1. The maximum Gasteiger partial charge on any atom is 0.308 e. The van der Waals surface area contributed by atoms with Crippen molar-refractivity contribution in [2.75, 3.05) is 11.9 Å². The van der Waals surface area contributed by atoms with Gasteiger partial charge in [0.25, 0.3) is 0 Å². The fraction of sp³-hybridized carbons (Fsp3) is 0.385. The van der Waals surface area contributed by atoms with Gasteiger partial charge in [-0.3, -0.25) is 4.79 Å². The highest BCUT2D eigenvalue weighted by molar-refractivity contribution is 5.70. The van der Waals surface area contributed by atoms with Crippen LogP contribution in [-0.4, -0.2) is 17.6 Å². The first-order valence-corrected chi connectivity index (χ1v) is 5.85.